The lowest BCUT2D eigenvalue weighted by Crippen LogP contribution is -2.30. The highest BCUT2D eigenvalue weighted by Crippen LogP contribution is 2.35. The van der Waals surface area contributed by atoms with E-state index in [1.165, 1.54) is 23.8 Å². The Hall–Kier alpha value is -2.69. The molecule has 8 nitrogen and oxygen atoms in total. The van der Waals surface area contributed by atoms with Crippen molar-refractivity contribution in [2.45, 2.75) is 30.4 Å². The van der Waals surface area contributed by atoms with Gasteiger partial charge in [0.1, 0.15) is 17.8 Å². The summed E-state index contributed by atoms with van der Waals surface area (Å²) in [5, 5.41) is 10.3. The standard InChI is InChI=1S/C20H21N3O5S2/c1-27-15-5-3-14(19(10-15)28-2)11-23(20-21-12-22-29-20)30(25,26)16-6-7-17-13(9-16)4-8-18(17)24/h3,5-7,9-10,12,18,24H,4,8,11H2,1-2H3. The molecule has 0 fully saturated rings. The van der Waals surface area contributed by atoms with E-state index < -0.39 is 16.1 Å². The van der Waals surface area contributed by atoms with Crippen LogP contribution in [0.4, 0.5) is 5.13 Å². The van der Waals surface area contributed by atoms with Crippen molar-refractivity contribution in [2.24, 2.45) is 0 Å². The van der Waals surface area contributed by atoms with E-state index in [4.69, 9.17) is 9.47 Å². The van der Waals surface area contributed by atoms with Crippen molar-refractivity contribution in [1.82, 2.24) is 9.36 Å². The molecule has 2 aromatic carbocycles. The Morgan fingerprint density at radius 1 is 1.20 bits per heavy atom. The smallest absolute Gasteiger partial charge is 0.266 e. The van der Waals surface area contributed by atoms with Crippen LogP contribution in [0.1, 0.15) is 29.2 Å². The summed E-state index contributed by atoms with van der Waals surface area (Å²) in [7, 11) is -0.855. The number of methoxy groups -OCH3 is 2. The first-order valence-electron chi connectivity index (χ1n) is 9.25. The van der Waals surface area contributed by atoms with Gasteiger partial charge in [0.2, 0.25) is 5.13 Å². The van der Waals surface area contributed by atoms with E-state index in [2.05, 4.69) is 9.36 Å². The molecule has 30 heavy (non-hydrogen) atoms. The molecular formula is C20H21N3O5S2. The van der Waals surface area contributed by atoms with Crippen molar-refractivity contribution >= 4 is 26.7 Å². The average Bonchev–Trinajstić information content (AvgIpc) is 3.41. The number of aromatic nitrogens is 2. The lowest BCUT2D eigenvalue weighted by molar-refractivity contribution is 0.180. The Labute approximate surface area is 178 Å². The highest BCUT2D eigenvalue weighted by molar-refractivity contribution is 7.93. The van der Waals surface area contributed by atoms with Gasteiger partial charge in [0.25, 0.3) is 10.0 Å². The third kappa shape index (κ3) is 3.73. The van der Waals surface area contributed by atoms with Crippen LogP contribution < -0.4 is 13.8 Å². The lowest BCUT2D eigenvalue weighted by Gasteiger charge is -2.23. The lowest BCUT2D eigenvalue weighted by atomic mass is 10.1. The zero-order chi connectivity index (χ0) is 21.3. The van der Waals surface area contributed by atoms with E-state index in [0.717, 1.165) is 22.7 Å². The molecule has 0 radical (unpaired) electrons. The highest BCUT2D eigenvalue weighted by atomic mass is 32.2. The van der Waals surface area contributed by atoms with Crippen LogP contribution in [0.15, 0.2) is 47.6 Å². The summed E-state index contributed by atoms with van der Waals surface area (Å²) in [5.41, 5.74) is 2.30. The van der Waals surface area contributed by atoms with Crippen LogP contribution in [0, 0.1) is 0 Å². The van der Waals surface area contributed by atoms with Crippen molar-refractivity contribution in [3.8, 4) is 11.5 Å². The number of nitrogens with zero attached hydrogens (tertiary/aromatic N) is 3. The molecule has 3 aromatic rings. The predicted octanol–water partition coefficient (Wildman–Crippen LogP) is 2.93. The van der Waals surface area contributed by atoms with Gasteiger partial charge in [-0.3, -0.25) is 0 Å². The van der Waals surface area contributed by atoms with Crippen LogP contribution in [0.3, 0.4) is 0 Å². The maximum atomic E-state index is 13.6. The van der Waals surface area contributed by atoms with Crippen molar-refractivity contribution in [3.05, 3.63) is 59.4 Å². The highest BCUT2D eigenvalue weighted by Gasteiger charge is 2.30. The van der Waals surface area contributed by atoms with Gasteiger partial charge in [-0.15, -0.1) is 0 Å². The number of fused-ring (bicyclic) bond motifs is 1. The van der Waals surface area contributed by atoms with Gasteiger partial charge in [-0.1, -0.05) is 6.07 Å². The molecule has 1 unspecified atom stereocenters. The van der Waals surface area contributed by atoms with Crippen LogP contribution in [-0.2, 0) is 23.0 Å². The van der Waals surface area contributed by atoms with Gasteiger partial charge in [-0.25, -0.2) is 17.7 Å². The fraction of sp³-hybridized carbons (Fsp3) is 0.300. The number of ether oxygens (including phenoxy) is 2. The molecule has 4 rings (SSSR count). The average molecular weight is 448 g/mol. The molecule has 0 bridgehead atoms. The molecular weight excluding hydrogens is 426 g/mol. The molecule has 1 heterocycles. The molecule has 1 N–H and O–H groups in total. The summed E-state index contributed by atoms with van der Waals surface area (Å²) < 4.78 is 43.0. The van der Waals surface area contributed by atoms with E-state index >= 15 is 0 Å². The van der Waals surface area contributed by atoms with Crippen LogP contribution in [-0.4, -0.2) is 37.1 Å². The normalized spacial score (nSPS) is 15.6. The Morgan fingerprint density at radius 3 is 2.73 bits per heavy atom. The molecule has 0 saturated carbocycles. The number of aryl methyl sites for hydroxylation is 1. The number of hydrogen-bond donors (Lipinski definition) is 1. The fourth-order valence-electron chi connectivity index (χ4n) is 3.53. The van der Waals surface area contributed by atoms with Gasteiger partial charge in [0.05, 0.1) is 31.8 Å². The fourth-order valence-corrected chi connectivity index (χ4v) is 5.71. The van der Waals surface area contributed by atoms with Gasteiger partial charge in [-0.2, -0.15) is 4.37 Å². The van der Waals surface area contributed by atoms with Crippen LogP contribution >= 0.6 is 11.5 Å². The summed E-state index contributed by atoms with van der Waals surface area (Å²) in [6.07, 6.45) is 2.03. The Kier molecular flexibility index (Phi) is 5.63. The Balaban J connectivity index is 1.75. The van der Waals surface area contributed by atoms with Gasteiger partial charge < -0.3 is 14.6 Å². The second kappa shape index (κ2) is 8.21. The predicted molar refractivity (Wildman–Crippen MR) is 113 cm³/mol. The molecule has 0 saturated heterocycles. The summed E-state index contributed by atoms with van der Waals surface area (Å²) >= 11 is 0.999. The number of rotatable bonds is 7. The zero-order valence-electron chi connectivity index (χ0n) is 16.5. The molecule has 0 amide bonds. The van der Waals surface area contributed by atoms with Gasteiger partial charge in [-0.05, 0) is 48.2 Å². The number of anilines is 1. The van der Waals surface area contributed by atoms with E-state index in [1.807, 2.05) is 0 Å². The van der Waals surface area contributed by atoms with Gasteiger partial charge >= 0.3 is 0 Å². The minimum Gasteiger partial charge on any atom is -0.497 e. The molecule has 0 aliphatic heterocycles. The third-order valence-electron chi connectivity index (χ3n) is 5.12. The molecule has 158 valence electrons. The van der Waals surface area contributed by atoms with E-state index in [1.54, 1.807) is 37.4 Å². The van der Waals surface area contributed by atoms with Gasteiger partial charge in [0, 0.05) is 23.2 Å². The molecule has 1 aliphatic rings. The minimum absolute atomic E-state index is 0.0183. The first-order chi connectivity index (χ1) is 14.4. The number of sulfonamides is 1. The Morgan fingerprint density at radius 2 is 2.03 bits per heavy atom. The Bertz CT molecular complexity index is 1150. The summed E-state index contributed by atoms with van der Waals surface area (Å²) in [5.74, 6) is 1.12. The molecule has 1 aliphatic carbocycles. The summed E-state index contributed by atoms with van der Waals surface area (Å²) in [4.78, 5) is 4.28. The van der Waals surface area contributed by atoms with Crippen LogP contribution in [0.5, 0.6) is 11.5 Å². The third-order valence-corrected chi connectivity index (χ3v) is 7.66. The molecule has 0 spiro atoms. The molecule has 1 aromatic heterocycles. The maximum absolute atomic E-state index is 13.6. The van der Waals surface area contributed by atoms with Crippen molar-refractivity contribution in [2.75, 3.05) is 18.5 Å². The van der Waals surface area contributed by atoms with Crippen LogP contribution in [0.2, 0.25) is 0 Å². The maximum Gasteiger partial charge on any atom is 0.266 e. The number of hydrogen-bond acceptors (Lipinski definition) is 8. The van der Waals surface area contributed by atoms with Crippen molar-refractivity contribution in [3.63, 3.8) is 0 Å². The van der Waals surface area contributed by atoms with E-state index in [0.29, 0.717) is 29.9 Å². The van der Waals surface area contributed by atoms with E-state index in [-0.39, 0.29) is 16.6 Å². The monoisotopic (exact) mass is 447 g/mol. The first-order valence-corrected chi connectivity index (χ1v) is 11.5. The SMILES string of the molecule is COc1ccc(CN(c2ncns2)S(=O)(=O)c2ccc3c(c2)CCC3O)c(OC)c1. The van der Waals surface area contributed by atoms with Crippen molar-refractivity contribution in [1.29, 1.82) is 0 Å². The number of benzene rings is 2. The van der Waals surface area contributed by atoms with Crippen molar-refractivity contribution < 1.29 is 23.0 Å². The summed E-state index contributed by atoms with van der Waals surface area (Å²) in [6.45, 7) is 0.0183. The second-order valence-electron chi connectivity index (χ2n) is 6.83. The quantitative estimate of drug-likeness (QED) is 0.594. The molecule has 10 heteroatoms. The second-order valence-corrected chi connectivity index (χ2v) is 9.45. The summed E-state index contributed by atoms with van der Waals surface area (Å²) in [6, 6.07) is 10.1. The minimum atomic E-state index is -3.93. The van der Waals surface area contributed by atoms with E-state index in [9.17, 15) is 13.5 Å². The number of aliphatic hydroxyl groups is 1. The number of aliphatic hydroxyl groups excluding tert-OH is 1. The zero-order valence-corrected chi connectivity index (χ0v) is 18.1. The van der Waals surface area contributed by atoms with Gasteiger partial charge in [0.15, 0.2) is 0 Å². The topological polar surface area (TPSA) is 102 Å². The molecule has 1 atom stereocenters. The first kappa shape index (κ1) is 20.6. The largest absolute Gasteiger partial charge is 0.497 e. The van der Waals surface area contributed by atoms with Crippen LogP contribution in [0.25, 0.3) is 0 Å².